The maximum absolute atomic E-state index is 14.5. The van der Waals surface area contributed by atoms with Crippen LogP contribution in [0, 0.1) is 13.8 Å². The number of rotatable bonds is 5. The number of halogens is 6. The monoisotopic (exact) mass is 714 g/mol. The van der Waals surface area contributed by atoms with Crippen LogP contribution in [0.1, 0.15) is 22.3 Å². The average Bonchev–Trinajstić information content (AvgIpc) is 3.46. The van der Waals surface area contributed by atoms with Gasteiger partial charge in [-0.15, -0.1) is 0 Å². The summed E-state index contributed by atoms with van der Waals surface area (Å²) in [5.74, 6) is 1.04. The maximum atomic E-state index is 14.5. The molecule has 0 fully saturated rings. The molecule has 6 aromatic carbocycles. The number of nitrogens with zero attached hydrogens (tertiary/aromatic N) is 4. The van der Waals surface area contributed by atoms with Crippen LogP contribution in [0.15, 0.2) is 133 Å². The molecule has 262 valence electrons. The summed E-state index contributed by atoms with van der Waals surface area (Å²) in [6.07, 6.45) is -10.0. The third kappa shape index (κ3) is 6.30. The summed E-state index contributed by atoms with van der Waals surface area (Å²) in [6, 6.07) is 37.1. The van der Waals surface area contributed by atoms with Crippen molar-refractivity contribution in [1.29, 1.82) is 0 Å². The molecule has 0 spiro atoms. The van der Waals surface area contributed by atoms with Crippen LogP contribution in [-0.2, 0) is 12.4 Å². The van der Waals surface area contributed by atoms with Gasteiger partial charge in [-0.1, -0.05) is 97.1 Å². The first-order chi connectivity index (χ1) is 25.3. The minimum atomic E-state index is -5.07. The first-order valence-electron chi connectivity index (χ1n) is 16.7. The molecule has 8 aromatic rings. The second-order valence-electron chi connectivity index (χ2n) is 12.9. The third-order valence-electron chi connectivity index (χ3n) is 9.22. The van der Waals surface area contributed by atoms with Gasteiger partial charge in [0.15, 0.2) is 17.5 Å². The number of aryl methyl sites for hydroxylation is 2. The molecule has 0 saturated heterocycles. The van der Waals surface area contributed by atoms with Gasteiger partial charge >= 0.3 is 12.4 Å². The second kappa shape index (κ2) is 12.7. The molecule has 0 amide bonds. The van der Waals surface area contributed by atoms with Gasteiger partial charge in [0.05, 0.1) is 27.8 Å². The Bertz CT molecular complexity index is 2550. The summed E-state index contributed by atoms with van der Waals surface area (Å²) in [6.45, 7) is 3.90. The molecule has 0 atom stereocenters. The number of hydrogen-bond donors (Lipinski definition) is 0. The summed E-state index contributed by atoms with van der Waals surface area (Å²) in [5, 5.41) is 1.83. The standard InChI is InChI=1S/C43H28F6N4/c1-25-13-17-32-33-18-14-26(2)22-37(33)53(36(32)21-25)38-23-29(31-20-16-30(42(44,45)46)24-35(31)43(47,48)49)15-19-34(38)41-51-39(27-9-5-3-6-10-27)50-40(52-41)28-11-7-4-8-12-28/h3-24H,1-2H3. The van der Waals surface area contributed by atoms with Crippen LogP contribution >= 0.6 is 0 Å². The zero-order valence-corrected chi connectivity index (χ0v) is 28.3. The molecule has 0 saturated carbocycles. The predicted molar refractivity (Wildman–Crippen MR) is 195 cm³/mol. The Morgan fingerprint density at radius 1 is 0.453 bits per heavy atom. The first-order valence-corrected chi connectivity index (χ1v) is 16.7. The largest absolute Gasteiger partial charge is 0.417 e. The molecular formula is C43H28F6N4. The molecule has 0 unspecified atom stereocenters. The lowest BCUT2D eigenvalue weighted by Crippen LogP contribution is -2.12. The molecule has 4 nitrogen and oxygen atoms in total. The van der Waals surface area contributed by atoms with E-state index in [4.69, 9.17) is 15.0 Å². The van der Waals surface area contributed by atoms with Crippen molar-refractivity contribution in [1.82, 2.24) is 19.5 Å². The SMILES string of the molecule is Cc1ccc2c3ccc(C)cc3n(-c3cc(-c4ccc(C(F)(F)F)cc4C(F)(F)F)ccc3-c3nc(-c4ccccc4)nc(-c4ccccc4)n3)c2c1. The topological polar surface area (TPSA) is 43.6 Å². The van der Waals surface area contributed by atoms with E-state index in [9.17, 15) is 26.3 Å². The summed E-state index contributed by atoms with van der Waals surface area (Å²) < 4.78 is 86.6. The predicted octanol–water partition coefficient (Wildman–Crippen LogP) is 12.3. The van der Waals surface area contributed by atoms with Crippen LogP contribution in [-0.4, -0.2) is 19.5 Å². The minimum absolute atomic E-state index is 0.0701. The molecule has 0 bridgehead atoms. The lowest BCUT2D eigenvalue weighted by molar-refractivity contribution is -0.142. The minimum Gasteiger partial charge on any atom is -0.308 e. The normalized spacial score (nSPS) is 12.2. The number of hydrogen-bond acceptors (Lipinski definition) is 3. The highest BCUT2D eigenvalue weighted by molar-refractivity contribution is 6.10. The molecule has 10 heteroatoms. The molecule has 0 aliphatic heterocycles. The van der Waals surface area contributed by atoms with Crippen molar-refractivity contribution in [2.24, 2.45) is 0 Å². The second-order valence-corrected chi connectivity index (χ2v) is 12.9. The first kappa shape index (κ1) is 33.8. The van der Waals surface area contributed by atoms with Crippen molar-refractivity contribution in [2.75, 3.05) is 0 Å². The smallest absolute Gasteiger partial charge is 0.308 e. The van der Waals surface area contributed by atoms with Gasteiger partial charge in [0.1, 0.15) is 0 Å². The van der Waals surface area contributed by atoms with Crippen LogP contribution < -0.4 is 0 Å². The average molecular weight is 715 g/mol. The van der Waals surface area contributed by atoms with E-state index >= 15 is 0 Å². The molecule has 0 N–H and O–H groups in total. The summed E-state index contributed by atoms with van der Waals surface area (Å²) in [7, 11) is 0. The van der Waals surface area contributed by atoms with Crippen molar-refractivity contribution >= 4 is 21.8 Å². The maximum Gasteiger partial charge on any atom is 0.417 e. The summed E-state index contributed by atoms with van der Waals surface area (Å²) >= 11 is 0. The van der Waals surface area contributed by atoms with Gasteiger partial charge in [-0.05, 0) is 72.5 Å². The highest BCUT2D eigenvalue weighted by Gasteiger charge is 2.38. The number of benzene rings is 6. The van der Waals surface area contributed by atoms with Gasteiger partial charge < -0.3 is 4.57 Å². The van der Waals surface area contributed by atoms with Gasteiger partial charge in [0.25, 0.3) is 0 Å². The van der Waals surface area contributed by atoms with E-state index in [2.05, 4.69) is 0 Å². The van der Waals surface area contributed by atoms with E-state index in [0.717, 1.165) is 50.1 Å². The molecule has 2 heterocycles. The van der Waals surface area contributed by atoms with Crippen LogP contribution in [0.2, 0.25) is 0 Å². The summed E-state index contributed by atoms with van der Waals surface area (Å²) in [4.78, 5) is 14.6. The molecule has 0 radical (unpaired) electrons. The van der Waals surface area contributed by atoms with Crippen LogP contribution in [0.3, 0.4) is 0 Å². The quantitative estimate of drug-likeness (QED) is 0.167. The van der Waals surface area contributed by atoms with Crippen molar-refractivity contribution < 1.29 is 26.3 Å². The van der Waals surface area contributed by atoms with Gasteiger partial charge in [-0.25, -0.2) is 15.0 Å². The highest BCUT2D eigenvalue weighted by atomic mass is 19.4. The van der Waals surface area contributed by atoms with Gasteiger partial charge in [0.2, 0.25) is 0 Å². The van der Waals surface area contributed by atoms with Gasteiger partial charge in [-0.2, -0.15) is 26.3 Å². The fraction of sp³-hybridized carbons (Fsp3) is 0.0930. The van der Waals surface area contributed by atoms with Crippen LogP contribution in [0.4, 0.5) is 26.3 Å². The zero-order chi connectivity index (χ0) is 37.1. The van der Waals surface area contributed by atoms with Crippen molar-refractivity contribution in [3.63, 3.8) is 0 Å². The number of aromatic nitrogens is 4. The lowest BCUT2D eigenvalue weighted by atomic mass is 9.95. The van der Waals surface area contributed by atoms with Crippen LogP contribution in [0.5, 0.6) is 0 Å². The Kier molecular flexibility index (Phi) is 8.13. The number of alkyl halides is 6. The van der Waals surface area contributed by atoms with E-state index < -0.39 is 29.0 Å². The third-order valence-corrected chi connectivity index (χ3v) is 9.22. The highest BCUT2D eigenvalue weighted by Crippen LogP contribution is 2.44. The molecule has 0 aliphatic carbocycles. The van der Waals surface area contributed by atoms with E-state index in [0.29, 0.717) is 29.0 Å². The fourth-order valence-electron chi connectivity index (χ4n) is 6.71. The molecule has 0 aliphatic rings. The summed E-state index contributed by atoms with van der Waals surface area (Å²) in [5.41, 5.74) is 2.77. The lowest BCUT2D eigenvalue weighted by Gasteiger charge is -2.19. The Morgan fingerprint density at radius 2 is 0.962 bits per heavy atom. The number of fused-ring (bicyclic) bond motifs is 3. The molecule has 2 aromatic heterocycles. The van der Waals surface area contributed by atoms with E-state index in [-0.39, 0.29) is 17.5 Å². The Morgan fingerprint density at radius 3 is 1.47 bits per heavy atom. The van der Waals surface area contributed by atoms with E-state index in [1.807, 2.05) is 115 Å². The van der Waals surface area contributed by atoms with Gasteiger partial charge in [-0.3, -0.25) is 0 Å². The van der Waals surface area contributed by atoms with Crippen LogP contribution in [0.25, 0.3) is 72.8 Å². The molecule has 8 rings (SSSR count). The Hall–Kier alpha value is -6.29. The van der Waals surface area contributed by atoms with Gasteiger partial charge in [0, 0.05) is 27.5 Å². The fourth-order valence-corrected chi connectivity index (χ4v) is 6.71. The Labute approximate surface area is 300 Å². The molecular weight excluding hydrogens is 686 g/mol. The van der Waals surface area contributed by atoms with Crippen molar-refractivity contribution in [2.45, 2.75) is 26.2 Å². The Balaban J connectivity index is 1.48. The van der Waals surface area contributed by atoms with Crippen molar-refractivity contribution in [3.8, 4) is 51.0 Å². The zero-order valence-electron chi connectivity index (χ0n) is 28.3. The van der Waals surface area contributed by atoms with E-state index in [1.165, 1.54) is 6.07 Å². The van der Waals surface area contributed by atoms with Crippen molar-refractivity contribution in [3.05, 3.63) is 156 Å². The van der Waals surface area contributed by atoms with E-state index in [1.54, 1.807) is 12.1 Å². The molecule has 53 heavy (non-hydrogen) atoms.